The molecule has 8 nitrogen and oxygen atoms in total. The summed E-state index contributed by atoms with van der Waals surface area (Å²) >= 11 is 0. The van der Waals surface area contributed by atoms with Gasteiger partial charge >= 0.3 is 0 Å². The molecule has 0 saturated heterocycles. The molecule has 0 bridgehead atoms. The molecular weight excluding hydrogens is 398 g/mol. The molecule has 8 heteroatoms. The van der Waals surface area contributed by atoms with E-state index in [1.165, 1.54) is 13.5 Å². The third-order valence-electron chi connectivity index (χ3n) is 5.13. The second-order valence-electron chi connectivity index (χ2n) is 7.34. The minimum atomic E-state index is -0.518. The second kappa shape index (κ2) is 11.0. The normalized spacial score (nSPS) is 13.7. The smallest absolute Gasteiger partial charge is 0.276 e. The molecule has 1 fully saturated rings. The van der Waals surface area contributed by atoms with Gasteiger partial charge in [0.15, 0.2) is 18.1 Å². The van der Waals surface area contributed by atoms with E-state index >= 15 is 0 Å². The van der Waals surface area contributed by atoms with Gasteiger partial charge in [-0.2, -0.15) is 0 Å². The van der Waals surface area contributed by atoms with Crippen molar-refractivity contribution in [1.29, 1.82) is 0 Å². The molecule has 0 spiro atoms. The molecule has 3 rings (SSSR count). The van der Waals surface area contributed by atoms with E-state index in [-0.39, 0.29) is 18.4 Å². The van der Waals surface area contributed by atoms with Crippen LogP contribution in [0.3, 0.4) is 0 Å². The maximum Gasteiger partial charge on any atom is 0.276 e. The van der Waals surface area contributed by atoms with Crippen molar-refractivity contribution in [2.45, 2.75) is 32.1 Å². The molecule has 3 amide bonds. The lowest BCUT2D eigenvalue weighted by Gasteiger charge is -2.20. The van der Waals surface area contributed by atoms with Crippen molar-refractivity contribution >= 4 is 23.4 Å². The van der Waals surface area contributed by atoms with Crippen LogP contribution in [0.2, 0.25) is 0 Å². The molecule has 1 saturated carbocycles. The van der Waals surface area contributed by atoms with Crippen molar-refractivity contribution in [2.75, 3.05) is 19.0 Å². The average molecular weight is 425 g/mol. The van der Waals surface area contributed by atoms with E-state index in [1.54, 1.807) is 48.5 Å². The van der Waals surface area contributed by atoms with Gasteiger partial charge in [0.1, 0.15) is 0 Å². The van der Waals surface area contributed by atoms with Crippen LogP contribution in [0.25, 0.3) is 0 Å². The molecule has 1 aliphatic rings. The zero-order valence-electron chi connectivity index (χ0n) is 17.5. The fourth-order valence-corrected chi connectivity index (χ4v) is 3.43. The number of anilines is 1. The van der Waals surface area contributed by atoms with E-state index in [4.69, 9.17) is 9.47 Å². The van der Waals surface area contributed by atoms with E-state index in [0.29, 0.717) is 22.7 Å². The molecule has 0 aromatic heterocycles. The minimum absolute atomic E-state index is 0.0270. The fourth-order valence-electron chi connectivity index (χ4n) is 3.43. The molecule has 3 N–H and O–H groups in total. The van der Waals surface area contributed by atoms with E-state index < -0.39 is 11.8 Å². The number of amides is 3. The Bertz CT molecular complexity index is 908. The summed E-state index contributed by atoms with van der Waals surface area (Å²) in [6, 6.07) is 13.5. The summed E-state index contributed by atoms with van der Waals surface area (Å²) < 4.78 is 10.6. The highest BCUT2D eigenvalue weighted by Crippen LogP contribution is 2.26. The van der Waals surface area contributed by atoms with Crippen molar-refractivity contribution in [2.24, 2.45) is 5.92 Å². The molecular formula is C23H27N3O5. The first-order valence-electron chi connectivity index (χ1n) is 10.3. The number of hydrogen-bond acceptors (Lipinski definition) is 5. The highest BCUT2D eigenvalue weighted by Gasteiger charge is 2.21. The number of para-hydroxylation sites is 2. The number of nitrogens with one attached hydrogen (secondary N) is 3. The van der Waals surface area contributed by atoms with Crippen LogP contribution in [0.5, 0.6) is 11.5 Å². The summed E-state index contributed by atoms with van der Waals surface area (Å²) in [7, 11) is 1.51. The summed E-state index contributed by atoms with van der Waals surface area (Å²) in [5, 5.41) is 2.90. The largest absolute Gasteiger partial charge is 0.493 e. The van der Waals surface area contributed by atoms with Gasteiger partial charge in [-0.15, -0.1) is 0 Å². The van der Waals surface area contributed by atoms with Gasteiger partial charge < -0.3 is 14.8 Å². The van der Waals surface area contributed by atoms with Gasteiger partial charge in [-0.3, -0.25) is 25.2 Å². The summed E-state index contributed by atoms with van der Waals surface area (Å²) in [6.07, 6.45) is 5.22. The maximum absolute atomic E-state index is 12.3. The fraction of sp³-hybridized carbons (Fsp3) is 0.348. The Balaban J connectivity index is 1.43. The molecule has 2 aromatic rings. The Labute approximate surface area is 181 Å². The van der Waals surface area contributed by atoms with Gasteiger partial charge in [-0.1, -0.05) is 31.4 Å². The summed E-state index contributed by atoms with van der Waals surface area (Å²) in [6.45, 7) is -0.285. The number of rotatable bonds is 7. The van der Waals surface area contributed by atoms with Gasteiger partial charge in [0.25, 0.3) is 11.8 Å². The van der Waals surface area contributed by atoms with Gasteiger partial charge in [0.05, 0.1) is 7.11 Å². The number of methoxy groups -OCH3 is 1. The van der Waals surface area contributed by atoms with E-state index in [9.17, 15) is 14.4 Å². The highest BCUT2D eigenvalue weighted by atomic mass is 16.5. The predicted molar refractivity (Wildman–Crippen MR) is 116 cm³/mol. The number of benzene rings is 2. The van der Waals surface area contributed by atoms with Crippen LogP contribution in [0.15, 0.2) is 48.5 Å². The van der Waals surface area contributed by atoms with Crippen LogP contribution in [0, 0.1) is 5.92 Å². The Morgan fingerprint density at radius 3 is 2.26 bits per heavy atom. The summed E-state index contributed by atoms with van der Waals surface area (Å²) in [5.41, 5.74) is 5.63. The zero-order chi connectivity index (χ0) is 22.1. The zero-order valence-corrected chi connectivity index (χ0v) is 17.5. The van der Waals surface area contributed by atoms with Gasteiger partial charge in [0.2, 0.25) is 5.91 Å². The Morgan fingerprint density at radius 2 is 1.58 bits per heavy atom. The van der Waals surface area contributed by atoms with E-state index in [0.717, 1.165) is 25.7 Å². The third kappa shape index (κ3) is 6.47. The van der Waals surface area contributed by atoms with E-state index in [1.807, 2.05) is 0 Å². The molecule has 1 aliphatic carbocycles. The van der Waals surface area contributed by atoms with Crippen LogP contribution in [0.1, 0.15) is 42.5 Å². The summed E-state index contributed by atoms with van der Waals surface area (Å²) in [5.74, 6) is 0.0305. The van der Waals surface area contributed by atoms with Crippen molar-refractivity contribution in [1.82, 2.24) is 10.9 Å². The van der Waals surface area contributed by atoms with Crippen LogP contribution < -0.4 is 25.6 Å². The molecule has 0 radical (unpaired) electrons. The molecule has 0 heterocycles. The Morgan fingerprint density at radius 1 is 0.903 bits per heavy atom. The monoisotopic (exact) mass is 425 g/mol. The van der Waals surface area contributed by atoms with Crippen molar-refractivity contribution in [3.05, 3.63) is 54.1 Å². The molecule has 0 unspecified atom stereocenters. The van der Waals surface area contributed by atoms with Crippen LogP contribution in [-0.2, 0) is 9.59 Å². The molecule has 31 heavy (non-hydrogen) atoms. The van der Waals surface area contributed by atoms with E-state index in [2.05, 4.69) is 16.2 Å². The van der Waals surface area contributed by atoms with Gasteiger partial charge in [-0.05, 0) is 49.2 Å². The number of carbonyl (C=O) groups excluding carboxylic acids is 3. The number of carbonyl (C=O) groups is 3. The standard InChI is InChI=1S/C23H27N3O5/c1-30-19-9-5-6-10-20(19)31-15-21(27)25-26-23(29)17-11-13-18(14-12-17)24-22(28)16-7-3-2-4-8-16/h5-6,9-14,16H,2-4,7-8,15H2,1H3,(H,24,28)(H,25,27)(H,26,29). The molecule has 0 aliphatic heterocycles. The second-order valence-corrected chi connectivity index (χ2v) is 7.34. The third-order valence-corrected chi connectivity index (χ3v) is 5.13. The number of hydrogen-bond donors (Lipinski definition) is 3. The highest BCUT2D eigenvalue weighted by molar-refractivity contribution is 5.97. The lowest BCUT2D eigenvalue weighted by atomic mass is 9.88. The topological polar surface area (TPSA) is 106 Å². The average Bonchev–Trinajstić information content (AvgIpc) is 2.82. The first-order valence-corrected chi connectivity index (χ1v) is 10.3. The van der Waals surface area contributed by atoms with Crippen LogP contribution in [0.4, 0.5) is 5.69 Å². The Kier molecular flexibility index (Phi) is 7.86. The molecule has 0 atom stereocenters. The maximum atomic E-state index is 12.3. The van der Waals surface area contributed by atoms with Gasteiger partial charge in [0, 0.05) is 17.2 Å². The SMILES string of the molecule is COc1ccccc1OCC(=O)NNC(=O)c1ccc(NC(=O)C2CCCCC2)cc1. The number of hydrazine groups is 1. The quantitative estimate of drug-likeness (QED) is 0.591. The van der Waals surface area contributed by atoms with Crippen LogP contribution >= 0.6 is 0 Å². The van der Waals surface area contributed by atoms with Crippen LogP contribution in [-0.4, -0.2) is 31.4 Å². The van der Waals surface area contributed by atoms with Crippen molar-refractivity contribution in [3.63, 3.8) is 0 Å². The first-order chi connectivity index (χ1) is 15.1. The lowest BCUT2D eigenvalue weighted by molar-refractivity contribution is -0.124. The molecule has 2 aromatic carbocycles. The lowest BCUT2D eigenvalue weighted by Crippen LogP contribution is -2.43. The predicted octanol–water partition coefficient (Wildman–Crippen LogP) is 3.05. The minimum Gasteiger partial charge on any atom is -0.493 e. The summed E-state index contributed by atoms with van der Waals surface area (Å²) in [4.78, 5) is 36.5. The Hall–Kier alpha value is -3.55. The first kappa shape index (κ1) is 22.1. The van der Waals surface area contributed by atoms with Crippen molar-refractivity contribution < 1.29 is 23.9 Å². The van der Waals surface area contributed by atoms with Gasteiger partial charge in [-0.25, -0.2) is 0 Å². The molecule has 164 valence electrons. The van der Waals surface area contributed by atoms with Crippen molar-refractivity contribution in [3.8, 4) is 11.5 Å². The number of ether oxygens (including phenoxy) is 2.